The van der Waals surface area contributed by atoms with Crippen molar-refractivity contribution >= 4 is 28.6 Å². The van der Waals surface area contributed by atoms with Gasteiger partial charge in [0.2, 0.25) is 0 Å². The summed E-state index contributed by atoms with van der Waals surface area (Å²) < 4.78 is 5.03. The lowest BCUT2D eigenvalue weighted by molar-refractivity contribution is -0.119. The molecule has 0 aromatic heterocycles. The Morgan fingerprint density at radius 1 is 1.12 bits per heavy atom. The third-order valence-electron chi connectivity index (χ3n) is 3.87. The second-order valence-corrected chi connectivity index (χ2v) is 5.57. The molecular weight excluding hydrogens is 330 g/mol. The quantitative estimate of drug-likeness (QED) is 0.472. The third kappa shape index (κ3) is 3.92. The number of fused-ring (bicyclic) bond motifs is 1. The molecule has 0 spiro atoms. The molecule has 0 saturated heterocycles. The molecule has 0 aliphatic carbocycles. The summed E-state index contributed by atoms with van der Waals surface area (Å²) in [6, 6.07) is 18.9. The minimum absolute atomic E-state index is 0.0260. The lowest BCUT2D eigenvalue weighted by Gasteiger charge is -2.09. The Balaban J connectivity index is 1.59. The van der Waals surface area contributed by atoms with Gasteiger partial charge in [0.1, 0.15) is 0 Å². The number of benzene rings is 3. The monoisotopic (exact) mass is 349 g/mol. The summed E-state index contributed by atoms with van der Waals surface area (Å²) in [4.78, 5) is 12.0. The van der Waals surface area contributed by atoms with Crippen molar-refractivity contribution in [2.24, 2.45) is 5.10 Å². The molecule has 0 aliphatic heterocycles. The number of nitrogens with one attached hydrogen (secondary N) is 2. The molecule has 1 amide bonds. The van der Waals surface area contributed by atoms with Crippen LogP contribution in [-0.4, -0.2) is 30.9 Å². The lowest BCUT2D eigenvalue weighted by atomic mass is 10.1. The van der Waals surface area contributed by atoms with E-state index in [0.717, 1.165) is 16.5 Å². The standard InChI is InChI=1S/C20H19N3O3/c1-26-18-11-5-8-15(20(18)25)12-22-23-19(24)13-21-17-10-4-7-14-6-2-3-9-16(14)17/h2-12,21,25H,13H2,1H3,(H,23,24)/b22-12-. The molecule has 132 valence electrons. The van der Waals surface area contributed by atoms with E-state index in [2.05, 4.69) is 15.8 Å². The molecule has 3 N–H and O–H groups in total. The largest absolute Gasteiger partial charge is 0.504 e. The van der Waals surface area contributed by atoms with E-state index in [9.17, 15) is 9.90 Å². The summed E-state index contributed by atoms with van der Waals surface area (Å²) in [6.45, 7) is 0.0788. The van der Waals surface area contributed by atoms with Gasteiger partial charge in [-0.15, -0.1) is 0 Å². The Morgan fingerprint density at radius 3 is 2.73 bits per heavy atom. The van der Waals surface area contributed by atoms with Crippen molar-refractivity contribution in [2.45, 2.75) is 0 Å². The predicted molar refractivity (Wildman–Crippen MR) is 103 cm³/mol. The normalized spacial score (nSPS) is 10.8. The number of methoxy groups -OCH3 is 1. The van der Waals surface area contributed by atoms with Crippen LogP contribution in [0.1, 0.15) is 5.56 Å². The number of amides is 1. The maximum atomic E-state index is 12.0. The first-order valence-corrected chi connectivity index (χ1v) is 8.08. The molecule has 0 heterocycles. The average molecular weight is 349 g/mol. The van der Waals surface area contributed by atoms with Crippen LogP contribution in [0, 0.1) is 0 Å². The Morgan fingerprint density at radius 2 is 1.88 bits per heavy atom. The molecule has 0 atom stereocenters. The number of phenols is 1. The number of nitrogens with zero attached hydrogens (tertiary/aromatic N) is 1. The van der Waals surface area contributed by atoms with Crippen LogP contribution in [0.15, 0.2) is 65.8 Å². The number of para-hydroxylation sites is 1. The van der Waals surface area contributed by atoms with Gasteiger partial charge in [0.15, 0.2) is 11.5 Å². The Hall–Kier alpha value is -3.54. The van der Waals surface area contributed by atoms with Crippen molar-refractivity contribution in [3.05, 3.63) is 66.2 Å². The van der Waals surface area contributed by atoms with Gasteiger partial charge in [0, 0.05) is 16.6 Å². The van der Waals surface area contributed by atoms with Crippen molar-refractivity contribution in [3.63, 3.8) is 0 Å². The van der Waals surface area contributed by atoms with Gasteiger partial charge in [-0.1, -0.05) is 42.5 Å². The van der Waals surface area contributed by atoms with Crippen LogP contribution >= 0.6 is 0 Å². The van der Waals surface area contributed by atoms with E-state index >= 15 is 0 Å². The number of anilines is 1. The van der Waals surface area contributed by atoms with E-state index in [1.54, 1.807) is 18.2 Å². The topological polar surface area (TPSA) is 83.0 Å². The smallest absolute Gasteiger partial charge is 0.259 e. The second-order valence-electron chi connectivity index (χ2n) is 5.57. The number of rotatable bonds is 6. The Kier molecular flexibility index (Phi) is 5.34. The molecule has 0 radical (unpaired) electrons. The van der Waals surface area contributed by atoms with Crippen LogP contribution < -0.4 is 15.5 Å². The fraction of sp³-hybridized carbons (Fsp3) is 0.100. The van der Waals surface area contributed by atoms with Crippen LogP contribution in [0.2, 0.25) is 0 Å². The summed E-state index contributed by atoms with van der Waals surface area (Å²) >= 11 is 0. The van der Waals surface area contributed by atoms with Crippen molar-refractivity contribution < 1.29 is 14.6 Å². The Labute approximate surface area is 151 Å². The Bertz CT molecular complexity index is 949. The fourth-order valence-electron chi connectivity index (χ4n) is 2.58. The van der Waals surface area contributed by atoms with E-state index in [0.29, 0.717) is 11.3 Å². The zero-order valence-electron chi connectivity index (χ0n) is 14.3. The predicted octanol–water partition coefficient (Wildman–Crippen LogP) is 3.12. The van der Waals surface area contributed by atoms with E-state index < -0.39 is 0 Å². The first-order valence-electron chi connectivity index (χ1n) is 8.08. The number of hydrazone groups is 1. The molecule has 0 unspecified atom stereocenters. The average Bonchev–Trinajstić information content (AvgIpc) is 2.67. The first-order chi connectivity index (χ1) is 12.7. The zero-order valence-corrected chi connectivity index (χ0v) is 14.3. The van der Waals surface area contributed by atoms with Crippen molar-refractivity contribution in [3.8, 4) is 11.5 Å². The van der Waals surface area contributed by atoms with Crippen molar-refractivity contribution in [1.29, 1.82) is 0 Å². The second kappa shape index (κ2) is 8.02. The molecule has 0 fully saturated rings. The highest BCUT2D eigenvalue weighted by Crippen LogP contribution is 2.28. The summed E-state index contributed by atoms with van der Waals surface area (Å²) in [5.74, 6) is 0.0244. The van der Waals surface area contributed by atoms with E-state index in [-0.39, 0.29) is 18.2 Å². The van der Waals surface area contributed by atoms with Crippen molar-refractivity contribution in [2.75, 3.05) is 19.0 Å². The van der Waals surface area contributed by atoms with E-state index in [1.165, 1.54) is 13.3 Å². The zero-order chi connectivity index (χ0) is 18.4. The molecule has 3 rings (SSSR count). The lowest BCUT2D eigenvalue weighted by Crippen LogP contribution is -2.25. The third-order valence-corrected chi connectivity index (χ3v) is 3.87. The molecule has 6 nitrogen and oxygen atoms in total. The maximum absolute atomic E-state index is 12.0. The highest BCUT2D eigenvalue weighted by Gasteiger charge is 2.06. The molecule has 26 heavy (non-hydrogen) atoms. The summed E-state index contributed by atoms with van der Waals surface area (Å²) in [5.41, 5.74) is 3.76. The van der Waals surface area contributed by atoms with Crippen LogP contribution in [-0.2, 0) is 4.79 Å². The molecule has 0 saturated carbocycles. The molecule has 3 aromatic rings. The first kappa shape index (κ1) is 17.3. The fourth-order valence-corrected chi connectivity index (χ4v) is 2.58. The van der Waals surface area contributed by atoms with Crippen LogP contribution in [0.25, 0.3) is 10.8 Å². The van der Waals surface area contributed by atoms with Crippen LogP contribution in [0.3, 0.4) is 0 Å². The van der Waals surface area contributed by atoms with Gasteiger partial charge < -0.3 is 15.2 Å². The molecule has 6 heteroatoms. The van der Waals surface area contributed by atoms with Crippen molar-refractivity contribution in [1.82, 2.24) is 5.43 Å². The number of ether oxygens (including phenoxy) is 1. The maximum Gasteiger partial charge on any atom is 0.259 e. The number of phenolic OH excluding ortho intramolecular Hbond substituents is 1. The summed E-state index contributed by atoms with van der Waals surface area (Å²) in [6.07, 6.45) is 1.37. The van der Waals surface area contributed by atoms with Gasteiger partial charge in [-0.05, 0) is 23.6 Å². The number of carbonyl (C=O) groups is 1. The minimum Gasteiger partial charge on any atom is -0.504 e. The van der Waals surface area contributed by atoms with Gasteiger partial charge in [-0.3, -0.25) is 4.79 Å². The number of carbonyl (C=O) groups excluding carboxylic acids is 1. The summed E-state index contributed by atoms with van der Waals surface area (Å²) in [7, 11) is 1.47. The van der Waals surface area contributed by atoms with Gasteiger partial charge in [0.05, 0.1) is 19.9 Å². The number of aromatic hydroxyl groups is 1. The number of hydrogen-bond donors (Lipinski definition) is 3. The summed E-state index contributed by atoms with van der Waals surface area (Å²) in [5, 5.41) is 19.1. The van der Waals surface area contributed by atoms with Crippen LogP contribution in [0.4, 0.5) is 5.69 Å². The SMILES string of the molecule is COc1cccc(/C=N\NC(=O)CNc2cccc3ccccc23)c1O. The van der Waals surface area contributed by atoms with E-state index in [4.69, 9.17) is 4.74 Å². The molecule has 0 bridgehead atoms. The van der Waals surface area contributed by atoms with E-state index in [1.807, 2.05) is 42.5 Å². The van der Waals surface area contributed by atoms with Gasteiger partial charge in [-0.2, -0.15) is 5.10 Å². The molecule has 3 aromatic carbocycles. The molecular formula is C20H19N3O3. The highest BCUT2D eigenvalue weighted by molar-refractivity contribution is 5.95. The van der Waals surface area contributed by atoms with Gasteiger partial charge in [-0.25, -0.2) is 5.43 Å². The van der Waals surface area contributed by atoms with Crippen LogP contribution in [0.5, 0.6) is 11.5 Å². The minimum atomic E-state index is -0.295. The number of hydrogen-bond acceptors (Lipinski definition) is 5. The van der Waals surface area contributed by atoms with Gasteiger partial charge in [0.25, 0.3) is 5.91 Å². The highest BCUT2D eigenvalue weighted by atomic mass is 16.5. The molecule has 0 aliphatic rings. The van der Waals surface area contributed by atoms with Gasteiger partial charge >= 0.3 is 0 Å².